The number of carbonyl (C=O) groups excluding carboxylic acids is 1. The molecule has 0 aliphatic heterocycles. The van der Waals surface area contributed by atoms with E-state index in [2.05, 4.69) is 22.0 Å². The number of nitriles is 1. The molecule has 0 bridgehead atoms. The molecular formula is C16H15BrN2O2. The van der Waals surface area contributed by atoms with Crippen molar-refractivity contribution in [1.29, 1.82) is 5.26 Å². The van der Waals surface area contributed by atoms with E-state index in [0.717, 1.165) is 15.8 Å². The lowest BCUT2D eigenvalue weighted by molar-refractivity contribution is -0.131. The van der Waals surface area contributed by atoms with Gasteiger partial charge in [-0.15, -0.1) is 0 Å². The lowest BCUT2D eigenvalue weighted by Gasteiger charge is -2.20. The monoisotopic (exact) mass is 346 g/mol. The maximum Gasteiger partial charge on any atom is 0.227 e. The second-order valence-corrected chi connectivity index (χ2v) is 5.52. The third kappa shape index (κ3) is 4.76. The van der Waals surface area contributed by atoms with E-state index in [9.17, 15) is 4.79 Å². The minimum atomic E-state index is -0.0102. The van der Waals surface area contributed by atoms with Crippen molar-refractivity contribution in [2.45, 2.75) is 19.4 Å². The topological polar surface area (TPSA) is 57.2 Å². The van der Waals surface area contributed by atoms with Crippen LogP contribution < -0.4 is 0 Å². The molecule has 0 N–H and O–H groups in total. The highest BCUT2D eigenvalue weighted by atomic mass is 79.9. The zero-order valence-electron chi connectivity index (χ0n) is 11.5. The minimum Gasteiger partial charge on any atom is -0.467 e. The van der Waals surface area contributed by atoms with Crippen LogP contribution in [0.15, 0.2) is 51.6 Å². The molecule has 0 spiro atoms. The van der Waals surface area contributed by atoms with Gasteiger partial charge in [-0.1, -0.05) is 28.1 Å². The summed E-state index contributed by atoms with van der Waals surface area (Å²) in [4.78, 5) is 14.0. The maximum atomic E-state index is 12.4. The van der Waals surface area contributed by atoms with E-state index < -0.39 is 0 Å². The van der Waals surface area contributed by atoms with E-state index >= 15 is 0 Å². The van der Waals surface area contributed by atoms with Gasteiger partial charge < -0.3 is 9.32 Å². The number of halogens is 1. The van der Waals surface area contributed by atoms with E-state index in [1.165, 1.54) is 0 Å². The number of rotatable bonds is 6. The van der Waals surface area contributed by atoms with Crippen molar-refractivity contribution in [3.05, 3.63) is 58.5 Å². The summed E-state index contributed by atoms with van der Waals surface area (Å²) < 4.78 is 6.26. The molecule has 0 fully saturated rings. The molecule has 5 heteroatoms. The van der Waals surface area contributed by atoms with Crippen molar-refractivity contribution in [2.75, 3.05) is 6.54 Å². The minimum absolute atomic E-state index is 0.0102. The van der Waals surface area contributed by atoms with Crippen molar-refractivity contribution < 1.29 is 9.21 Å². The summed E-state index contributed by atoms with van der Waals surface area (Å²) in [5, 5.41) is 8.73. The van der Waals surface area contributed by atoms with E-state index in [1.54, 1.807) is 17.2 Å². The summed E-state index contributed by atoms with van der Waals surface area (Å²) in [6.45, 7) is 0.802. The first-order valence-corrected chi connectivity index (χ1v) is 7.40. The first kappa shape index (κ1) is 15.3. The zero-order valence-corrected chi connectivity index (χ0v) is 13.0. The molecule has 0 unspecified atom stereocenters. The Morgan fingerprint density at radius 2 is 2.05 bits per heavy atom. The van der Waals surface area contributed by atoms with Gasteiger partial charge in [0.05, 0.1) is 31.7 Å². The summed E-state index contributed by atoms with van der Waals surface area (Å²) in [7, 11) is 0. The Balaban J connectivity index is 2.02. The molecule has 21 heavy (non-hydrogen) atoms. The molecule has 0 radical (unpaired) electrons. The van der Waals surface area contributed by atoms with Gasteiger partial charge in [0.15, 0.2) is 0 Å². The molecule has 0 saturated heterocycles. The molecule has 0 aliphatic rings. The van der Waals surface area contributed by atoms with Gasteiger partial charge >= 0.3 is 0 Å². The van der Waals surface area contributed by atoms with Gasteiger partial charge in [0.25, 0.3) is 0 Å². The molecule has 1 heterocycles. The Morgan fingerprint density at radius 1 is 1.29 bits per heavy atom. The molecule has 0 saturated carbocycles. The van der Waals surface area contributed by atoms with Crippen LogP contribution in [0.3, 0.4) is 0 Å². The van der Waals surface area contributed by atoms with Crippen molar-refractivity contribution in [3.8, 4) is 6.07 Å². The SMILES string of the molecule is N#CCCN(Cc1ccco1)C(=O)Cc1ccc(Br)cc1. The first-order chi connectivity index (χ1) is 10.2. The summed E-state index contributed by atoms with van der Waals surface area (Å²) in [6, 6.07) is 13.3. The second kappa shape index (κ2) is 7.65. The van der Waals surface area contributed by atoms with Crippen molar-refractivity contribution in [2.24, 2.45) is 0 Å². The fourth-order valence-corrected chi connectivity index (χ4v) is 2.22. The van der Waals surface area contributed by atoms with Crippen LogP contribution in [0.5, 0.6) is 0 Å². The van der Waals surface area contributed by atoms with E-state index in [-0.39, 0.29) is 5.91 Å². The highest BCUT2D eigenvalue weighted by Gasteiger charge is 2.15. The Kier molecular flexibility index (Phi) is 5.59. The molecule has 0 atom stereocenters. The Morgan fingerprint density at radius 3 is 2.67 bits per heavy atom. The standard InChI is InChI=1S/C16H15BrN2O2/c17-14-6-4-13(5-7-14)11-16(20)19(9-2-8-18)12-15-3-1-10-21-15/h1,3-7,10H,2,9,11-12H2. The Labute approximate surface area is 132 Å². The maximum absolute atomic E-state index is 12.4. The highest BCUT2D eigenvalue weighted by Crippen LogP contribution is 2.13. The van der Waals surface area contributed by atoms with Crippen LogP contribution in [0.4, 0.5) is 0 Å². The quantitative estimate of drug-likeness (QED) is 0.803. The number of hydrogen-bond donors (Lipinski definition) is 0. The number of carbonyl (C=O) groups is 1. The molecule has 1 aromatic heterocycles. The van der Waals surface area contributed by atoms with Gasteiger partial charge in [0.2, 0.25) is 5.91 Å². The fourth-order valence-electron chi connectivity index (χ4n) is 1.96. The van der Waals surface area contributed by atoms with Crippen molar-refractivity contribution in [1.82, 2.24) is 4.90 Å². The average molecular weight is 347 g/mol. The lowest BCUT2D eigenvalue weighted by atomic mass is 10.1. The number of hydrogen-bond acceptors (Lipinski definition) is 3. The molecule has 2 aromatic rings. The summed E-state index contributed by atoms with van der Waals surface area (Å²) in [5.41, 5.74) is 0.949. The predicted molar refractivity (Wildman–Crippen MR) is 82.2 cm³/mol. The zero-order chi connectivity index (χ0) is 15.1. The Bertz CT molecular complexity index is 615. The van der Waals surface area contributed by atoms with E-state index in [1.807, 2.05) is 30.3 Å². The van der Waals surface area contributed by atoms with Gasteiger partial charge in [0, 0.05) is 11.0 Å². The van der Waals surface area contributed by atoms with Crippen LogP contribution in [0.1, 0.15) is 17.7 Å². The van der Waals surface area contributed by atoms with Crippen LogP contribution in [0.2, 0.25) is 0 Å². The lowest BCUT2D eigenvalue weighted by Crippen LogP contribution is -2.32. The molecule has 1 amide bonds. The van der Waals surface area contributed by atoms with Crippen LogP contribution in [0, 0.1) is 11.3 Å². The fraction of sp³-hybridized carbons (Fsp3) is 0.250. The molecule has 2 rings (SSSR count). The van der Waals surface area contributed by atoms with Gasteiger partial charge in [-0.2, -0.15) is 5.26 Å². The smallest absolute Gasteiger partial charge is 0.227 e. The molecular weight excluding hydrogens is 332 g/mol. The second-order valence-electron chi connectivity index (χ2n) is 4.61. The largest absolute Gasteiger partial charge is 0.467 e. The molecule has 108 valence electrons. The van der Waals surface area contributed by atoms with Crippen LogP contribution >= 0.6 is 15.9 Å². The first-order valence-electron chi connectivity index (χ1n) is 6.60. The number of furan rings is 1. The summed E-state index contributed by atoms with van der Waals surface area (Å²) >= 11 is 3.37. The summed E-state index contributed by atoms with van der Waals surface area (Å²) in [5.74, 6) is 0.709. The molecule has 1 aromatic carbocycles. The van der Waals surface area contributed by atoms with Gasteiger partial charge in [0.1, 0.15) is 5.76 Å². The number of nitrogens with zero attached hydrogens (tertiary/aromatic N) is 2. The van der Waals surface area contributed by atoms with Crippen LogP contribution in [-0.2, 0) is 17.8 Å². The highest BCUT2D eigenvalue weighted by molar-refractivity contribution is 9.10. The Hall–Kier alpha value is -2.06. The van der Waals surface area contributed by atoms with E-state index in [4.69, 9.17) is 9.68 Å². The van der Waals surface area contributed by atoms with Gasteiger partial charge in [-0.05, 0) is 29.8 Å². The molecule has 0 aliphatic carbocycles. The predicted octanol–water partition coefficient (Wildman–Crippen LogP) is 3.53. The average Bonchev–Trinajstić information content (AvgIpc) is 2.98. The van der Waals surface area contributed by atoms with Crippen LogP contribution in [0.25, 0.3) is 0 Å². The van der Waals surface area contributed by atoms with Crippen molar-refractivity contribution in [3.63, 3.8) is 0 Å². The van der Waals surface area contributed by atoms with Crippen molar-refractivity contribution >= 4 is 21.8 Å². The third-order valence-electron chi connectivity index (χ3n) is 3.04. The van der Waals surface area contributed by atoms with Gasteiger partial charge in [-0.3, -0.25) is 4.79 Å². The summed E-state index contributed by atoms with van der Waals surface area (Å²) in [6.07, 6.45) is 2.21. The molecule has 4 nitrogen and oxygen atoms in total. The van der Waals surface area contributed by atoms with Crippen LogP contribution in [-0.4, -0.2) is 17.4 Å². The number of amides is 1. The number of benzene rings is 1. The van der Waals surface area contributed by atoms with Gasteiger partial charge in [-0.25, -0.2) is 0 Å². The van der Waals surface area contributed by atoms with E-state index in [0.29, 0.717) is 25.9 Å². The normalized spacial score (nSPS) is 10.1. The third-order valence-corrected chi connectivity index (χ3v) is 3.57.